The number of hydrogen-bond acceptors (Lipinski definition) is 3. The maximum absolute atomic E-state index is 11.9. The highest BCUT2D eigenvalue weighted by molar-refractivity contribution is 6.19. The fourth-order valence-corrected chi connectivity index (χ4v) is 1.68. The summed E-state index contributed by atoms with van der Waals surface area (Å²) in [6, 6.07) is -0.0698. The standard InChI is InChI=1S/C11H18N2O2/c1-7(2)13-10(14)8(3)9(11(13)15)6-12(4)5/h7H,6H2,1-5H3. The van der Waals surface area contributed by atoms with Gasteiger partial charge in [0.1, 0.15) is 0 Å². The highest BCUT2D eigenvalue weighted by Gasteiger charge is 2.37. The summed E-state index contributed by atoms with van der Waals surface area (Å²) in [7, 11) is 3.77. The van der Waals surface area contributed by atoms with E-state index < -0.39 is 0 Å². The summed E-state index contributed by atoms with van der Waals surface area (Å²) < 4.78 is 0. The van der Waals surface area contributed by atoms with Crippen LogP contribution in [0.2, 0.25) is 0 Å². The number of rotatable bonds is 3. The van der Waals surface area contributed by atoms with Gasteiger partial charge in [-0.05, 0) is 34.9 Å². The van der Waals surface area contributed by atoms with Crippen LogP contribution in [0.3, 0.4) is 0 Å². The van der Waals surface area contributed by atoms with Gasteiger partial charge in [-0.2, -0.15) is 0 Å². The molecule has 2 amide bonds. The topological polar surface area (TPSA) is 40.6 Å². The van der Waals surface area contributed by atoms with Crippen molar-refractivity contribution in [2.75, 3.05) is 20.6 Å². The molecule has 0 aromatic rings. The van der Waals surface area contributed by atoms with E-state index in [1.165, 1.54) is 4.90 Å². The van der Waals surface area contributed by atoms with E-state index in [1.807, 2.05) is 32.8 Å². The average molecular weight is 210 g/mol. The van der Waals surface area contributed by atoms with Crippen LogP contribution in [0.1, 0.15) is 20.8 Å². The Kier molecular flexibility index (Phi) is 3.29. The lowest BCUT2D eigenvalue weighted by molar-refractivity contribution is -0.139. The molecule has 0 aliphatic carbocycles. The second kappa shape index (κ2) is 4.14. The second-order valence-corrected chi connectivity index (χ2v) is 4.42. The Balaban J connectivity index is 2.98. The number of hydrogen-bond donors (Lipinski definition) is 0. The molecule has 0 aromatic carbocycles. The van der Waals surface area contributed by atoms with Gasteiger partial charge in [0, 0.05) is 23.7 Å². The minimum absolute atomic E-state index is 0.0698. The van der Waals surface area contributed by atoms with E-state index in [0.717, 1.165) is 0 Å². The molecule has 15 heavy (non-hydrogen) atoms. The van der Waals surface area contributed by atoms with E-state index in [2.05, 4.69) is 0 Å². The van der Waals surface area contributed by atoms with Crippen LogP contribution in [0.25, 0.3) is 0 Å². The molecule has 1 aliphatic rings. The third kappa shape index (κ3) is 2.09. The summed E-state index contributed by atoms with van der Waals surface area (Å²) in [4.78, 5) is 26.9. The first-order chi connectivity index (χ1) is 6.86. The van der Waals surface area contributed by atoms with Crippen LogP contribution < -0.4 is 0 Å². The van der Waals surface area contributed by atoms with Crippen molar-refractivity contribution >= 4 is 11.8 Å². The molecule has 0 atom stereocenters. The minimum atomic E-state index is -0.146. The van der Waals surface area contributed by atoms with E-state index in [-0.39, 0.29) is 17.9 Å². The molecule has 4 heteroatoms. The summed E-state index contributed by atoms with van der Waals surface area (Å²) in [6.45, 7) is 5.95. The van der Waals surface area contributed by atoms with Crippen LogP contribution in [0.15, 0.2) is 11.1 Å². The fraction of sp³-hybridized carbons (Fsp3) is 0.636. The molecule has 0 aromatic heterocycles. The maximum Gasteiger partial charge on any atom is 0.258 e. The monoisotopic (exact) mass is 210 g/mol. The third-order valence-electron chi connectivity index (χ3n) is 2.46. The van der Waals surface area contributed by atoms with E-state index in [4.69, 9.17) is 0 Å². The number of nitrogens with zero attached hydrogens (tertiary/aromatic N) is 2. The van der Waals surface area contributed by atoms with Gasteiger partial charge in [0.2, 0.25) is 0 Å². The third-order valence-corrected chi connectivity index (χ3v) is 2.46. The molecule has 1 heterocycles. The van der Waals surface area contributed by atoms with Crippen molar-refractivity contribution in [3.05, 3.63) is 11.1 Å². The van der Waals surface area contributed by atoms with Gasteiger partial charge in [-0.25, -0.2) is 0 Å². The van der Waals surface area contributed by atoms with Crippen molar-refractivity contribution in [2.24, 2.45) is 0 Å². The van der Waals surface area contributed by atoms with Crippen molar-refractivity contribution in [3.63, 3.8) is 0 Å². The molecule has 1 rings (SSSR count). The minimum Gasteiger partial charge on any atom is -0.305 e. The Morgan fingerprint density at radius 3 is 2.07 bits per heavy atom. The summed E-state index contributed by atoms with van der Waals surface area (Å²) in [5.74, 6) is -0.284. The van der Waals surface area contributed by atoms with Gasteiger partial charge in [-0.3, -0.25) is 14.5 Å². The van der Waals surface area contributed by atoms with Crippen molar-refractivity contribution in [2.45, 2.75) is 26.8 Å². The van der Waals surface area contributed by atoms with Crippen molar-refractivity contribution in [1.82, 2.24) is 9.80 Å². The zero-order valence-corrected chi connectivity index (χ0v) is 10.00. The van der Waals surface area contributed by atoms with Crippen LogP contribution in [0.4, 0.5) is 0 Å². The Morgan fingerprint density at radius 1 is 1.20 bits per heavy atom. The second-order valence-electron chi connectivity index (χ2n) is 4.42. The molecule has 0 fully saturated rings. The average Bonchev–Trinajstić information content (AvgIpc) is 2.29. The zero-order chi connectivity index (χ0) is 11.7. The first-order valence-corrected chi connectivity index (χ1v) is 5.08. The molecule has 0 saturated heterocycles. The highest BCUT2D eigenvalue weighted by atomic mass is 16.2. The Labute approximate surface area is 90.5 Å². The van der Waals surface area contributed by atoms with Crippen molar-refractivity contribution in [1.29, 1.82) is 0 Å². The molecular weight excluding hydrogens is 192 g/mol. The van der Waals surface area contributed by atoms with Gasteiger partial charge in [-0.15, -0.1) is 0 Å². The molecular formula is C11H18N2O2. The van der Waals surface area contributed by atoms with Crippen LogP contribution >= 0.6 is 0 Å². The molecule has 0 bridgehead atoms. The lowest BCUT2D eigenvalue weighted by Gasteiger charge is -2.19. The number of amides is 2. The summed E-state index contributed by atoms with van der Waals surface area (Å²) >= 11 is 0. The van der Waals surface area contributed by atoms with Crippen LogP contribution in [-0.4, -0.2) is 48.3 Å². The van der Waals surface area contributed by atoms with Gasteiger partial charge in [0.15, 0.2) is 0 Å². The number of carbonyl (C=O) groups excluding carboxylic acids is 2. The largest absolute Gasteiger partial charge is 0.305 e. The molecule has 4 nitrogen and oxygen atoms in total. The first kappa shape index (κ1) is 11.9. The van der Waals surface area contributed by atoms with Crippen LogP contribution in [-0.2, 0) is 9.59 Å². The predicted octanol–water partition coefficient (Wildman–Crippen LogP) is 0.642. The van der Waals surface area contributed by atoms with Crippen LogP contribution in [0.5, 0.6) is 0 Å². The summed E-state index contributed by atoms with van der Waals surface area (Å²) in [6.07, 6.45) is 0. The normalized spacial score (nSPS) is 17.7. The fourth-order valence-electron chi connectivity index (χ4n) is 1.68. The highest BCUT2D eigenvalue weighted by Crippen LogP contribution is 2.22. The van der Waals surface area contributed by atoms with Gasteiger partial charge < -0.3 is 4.90 Å². The Bertz CT molecular complexity index is 329. The summed E-state index contributed by atoms with van der Waals surface area (Å²) in [5.41, 5.74) is 1.21. The molecule has 0 spiro atoms. The van der Waals surface area contributed by atoms with Gasteiger partial charge in [-0.1, -0.05) is 0 Å². The van der Waals surface area contributed by atoms with Gasteiger partial charge in [0.05, 0.1) is 0 Å². The Hall–Kier alpha value is -1.16. The summed E-state index contributed by atoms with van der Waals surface area (Å²) in [5, 5.41) is 0. The molecule has 0 saturated carbocycles. The smallest absolute Gasteiger partial charge is 0.258 e. The molecule has 1 aliphatic heterocycles. The van der Waals surface area contributed by atoms with E-state index in [0.29, 0.717) is 17.7 Å². The van der Waals surface area contributed by atoms with E-state index in [9.17, 15) is 9.59 Å². The van der Waals surface area contributed by atoms with Crippen molar-refractivity contribution < 1.29 is 9.59 Å². The van der Waals surface area contributed by atoms with Gasteiger partial charge >= 0.3 is 0 Å². The van der Waals surface area contributed by atoms with E-state index in [1.54, 1.807) is 6.92 Å². The predicted molar refractivity (Wildman–Crippen MR) is 58.2 cm³/mol. The number of imide groups is 1. The zero-order valence-electron chi connectivity index (χ0n) is 10.00. The van der Waals surface area contributed by atoms with Crippen LogP contribution in [0, 0.1) is 0 Å². The van der Waals surface area contributed by atoms with Crippen molar-refractivity contribution in [3.8, 4) is 0 Å². The van der Waals surface area contributed by atoms with Gasteiger partial charge in [0.25, 0.3) is 11.8 Å². The molecule has 0 N–H and O–H groups in total. The quantitative estimate of drug-likeness (QED) is 0.642. The number of carbonyl (C=O) groups is 2. The SMILES string of the molecule is CC1=C(CN(C)C)C(=O)N(C(C)C)C1=O. The lowest BCUT2D eigenvalue weighted by Crippen LogP contribution is -2.38. The maximum atomic E-state index is 11.9. The first-order valence-electron chi connectivity index (χ1n) is 5.08. The molecule has 0 radical (unpaired) electrons. The van der Waals surface area contributed by atoms with E-state index >= 15 is 0 Å². The Morgan fingerprint density at radius 2 is 1.73 bits per heavy atom. The molecule has 0 unspecified atom stereocenters. The lowest BCUT2D eigenvalue weighted by atomic mass is 10.1. The molecule has 84 valence electrons. The number of likely N-dealkylation sites (N-methyl/N-ethyl adjacent to an activating group) is 1.